The fourth-order valence-corrected chi connectivity index (χ4v) is 1.26. The van der Waals surface area contributed by atoms with Crippen molar-refractivity contribution in [1.82, 2.24) is 10.1 Å². The highest BCUT2D eigenvalue weighted by molar-refractivity contribution is 5.00. The van der Waals surface area contributed by atoms with Crippen LogP contribution in [-0.2, 0) is 0 Å². The molecule has 0 radical (unpaired) electrons. The van der Waals surface area contributed by atoms with Crippen LogP contribution in [-0.4, -0.2) is 10.1 Å². The maximum Gasteiger partial charge on any atom is 0.243 e. The molecule has 12 heavy (non-hydrogen) atoms. The minimum Gasteiger partial charge on any atom is -0.338 e. The van der Waals surface area contributed by atoms with Crippen LogP contribution in [0.1, 0.15) is 49.9 Å². The summed E-state index contributed by atoms with van der Waals surface area (Å²) >= 11 is 0. The molecule has 4 heteroatoms. The molecule has 1 fully saturated rings. The van der Waals surface area contributed by atoms with Crippen molar-refractivity contribution in [3.63, 3.8) is 0 Å². The van der Waals surface area contributed by atoms with Gasteiger partial charge in [-0.1, -0.05) is 11.6 Å². The van der Waals surface area contributed by atoms with Crippen LogP contribution in [0.4, 0.5) is 0 Å². The van der Waals surface area contributed by atoms with Crippen molar-refractivity contribution in [2.24, 2.45) is 5.73 Å². The normalized spacial score (nSPS) is 20.5. The lowest BCUT2D eigenvalue weighted by molar-refractivity contribution is 0.338. The van der Waals surface area contributed by atoms with Gasteiger partial charge in [0.2, 0.25) is 5.89 Å². The Morgan fingerprint density at radius 1 is 1.58 bits per heavy atom. The molecule has 1 unspecified atom stereocenters. The van der Waals surface area contributed by atoms with Crippen molar-refractivity contribution in [3.8, 4) is 0 Å². The lowest BCUT2D eigenvalue weighted by atomic mass is 9.85. The first kappa shape index (κ1) is 7.73. The van der Waals surface area contributed by atoms with E-state index in [1.54, 1.807) is 0 Å². The SMILES string of the molecule is CC(N)c1nc(C2CCC2)no1. The van der Waals surface area contributed by atoms with Crippen molar-refractivity contribution in [1.29, 1.82) is 0 Å². The van der Waals surface area contributed by atoms with Gasteiger partial charge in [0.05, 0.1) is 6.04 Å². The second kappa shape index (κ2) is 2.86. The zero-order valence-corrected chi connectivity index (χ0v) is 7.16. The van der Waals surface area contributed by atoms with Crippen molar-refractivity contribution in [2.75, 3.05) is 0 Å². The molecule has 0 saturated heterocycles. The summed E-state index contributed by atoms with van der Waals surface area (Å²) in [5.41, 5.74) is 5.59. The molecule has 0 aliphatic heterocycles. The average molecular weight is 167 g/mol. The first-order chi connectivity index (χ1) is 5.77. The number of nitrogens with two attached hydrogens (primary N) is 1. The molecule has 0 amide bonds. The van der Waals surface area contributed by atoms with Gasteiger partial charge in [-0.3, -0.25) is 0 Å². The van der Waals surface area contributed by atoms with Gasteiger partial charge in [0.15, 0.2) is 5.82 Å². The highest BCUT2D eigenvalue weighted by Gasteiger charge is 2.25. The summed E-state index contributed by atoms with van der Waals surface area (Å²) in [4.78, 5) is 4.23. The molecule has 1 atom stereocenters. The highest BCUT2D eigenvalue weighted by Crippen LogP contribution is 2.34. The predicted molar refractivity (Wildman–Crippen MR) is 43.5 cm³/mol. The summed E-state index contributed by atoms with van der Waals surface area (Å²) in [5.74, 6) is 1.92. The summed E-state index contributed by atoms with van der Waals surface area (Å²) < 4.78 is 5.00. The maximum atomic E-state index is 5.59. The largest absolute Gasteiger partial charge is 0.338 e. The van der Waals surface area contributed by atoms with Gasteiger partial charge in [0.25, 0.3) is 0 Å². The Kier molecular flexibility index (Phi) is 1.84. The second-order valence-corrected chi connectivity index (χ2v) is 3.41. The van der Waals surface area contributed by atoms with E-state index in [9.17, 15) is 0 Å². The molecule has 1 aromatic heterocycles. The molecule has 0 spiro atoms. The molecule has 1 saturated carbocycles. The van der Waals surface area contributed by atoms with Crippen LogP contribution in [0.3, 0.4) is 0 Å². The third-order valence-corrected chi connectivity index (χ3v) is 2.32. The Bertz CT molecular complexity index is 265. The van der Waals surface area contributed by atoms with Gasteiger partial charge in [0.1, 0.15) is 0 Å². The monoisotopic (exact) mass is 167 g/mol. The van der Waals surface area contributed by atoms with Crippen molar-refractivity contribution in [3.05, 3.63) is 11.7 Å². The number of nitrogens with zero attached hydrogens (tertiary/aromatic N) is 2. The van der Waals surface area contributed by atoms with E-state index in [1.807, 2.05) is 6.92 Å². The van der Waals surface area contributed by atoms with Crippen LogP contribution in [0.2, 0.25) is 0 Å². The van der Waals surface area contributed by atoms with Crippen molar-refractivity contribution in [2.45, 2.75) is 38.1 Å². The lowest BCUT2D eigenvalue weighted by Gasteiger charge is -2.20. The van der Waals surface area contributed by atoms with Crippen molar-refractivity contribution < 1.29 is 4.52 Å². The molecule has 2 rings (SSSR count). The summed E-state index contributed by atoms with van der Waals surface area (Å²) in [6.45, 7) is 1.85. The molecule has 0 aromatic carbocycles. The molecule has 4 nitrogen and oxygen atoms in total. The second-order valence-electron chi connectivity index (χ2n) is 3.41. The fraction of sp³-hybridized carbons (Fsp3) is 0.750. The quantitative estimate of drug-likeness (QED) is 0.722. The minimum atomic E-state index is -0.147. The van der Waals surface area contributed by atoms with E-state index in [2.05, 4.69) is 10.1 Å². The summed E-state index contributed by atoms with van der Waals surface area (Å²) in [6, 6.07) is -0.147. The molecule has 2 N–H and O–H groups in total. The maximum absolute atomic E-state index is 5.59. The van der Waals surface area contributed by atoms with Gasteiger partial charge >= 0.3 is 0 Å². The highest BCUT2D eigenvalue weighted by atomic mass is 16.5. The summed E-state index contributed by atoms with van der Waals surface area (Å²) in [6.07, 6.45) is 3.67. The third kappa shape index (κ3) is 1.22. The van der Waals surface area contributed by atoms with Crippen LogP contribution in [0.15, 0.2) is 4.52 Å². The van der Waals surface area contributed by atoms with Gasteiger partial charge in [0, 0.05) is 5.92 Å². The topological polar surface area (TPSA) is 64.9 Å². The van der Waals surface area contributed by atoms with Crippen LogP contribution >= 0.6 is 0 Å². The smallest absolute Gasteiger partial charge is 0.243 e. The van der Waals surface area contributed by atoms with Crippen LogP contribution in [0.5, 0.6) is 0 Å². The van der Waals surface area contributed by atoms with E-state index in [0.29, 0.717) is 11.8 Å². The zero-order valence-electron chi connectivity index (χ0n) is 7.16. The van der Waals surface area contributed by atoms with Gasteiger partial charge in [-0.25, -0.2) is 0 Å². The molecule has 1 aliphatic carbocycles. The first-order valence-corrected chi connectivity index (χ1v) is 4.36. The standard InChI is InChI=1S/C8H13N3O/c1-5(9)8-10-7(11-12-8)6-3-2-4-6/h5-6H,2-4,9H2,1H3. The molecule has 66 valence electrons. The van der Waals surface area contributed by atoms with Gasteiger partial charge in [-0.15, -0.1) is 0 Å². The Morgan fingerprint density at radius 2 is 2.33 bits per heavy atom. The molecule has 0 bridgehead atoms. The summed E-state index contributed by atoms with van der Waals surface area (Å²) in [7, 11) is 0. The van der Waals surface area contributed by atoms with E-state index in [4.69, 9.17) is 10.3 Å². The van der Waals surface area contributed by atoms with Gasteiger partial charge in [-0.05, 0) is 19.8 Å². The Morgan fingerprint density at radius 3 is 2.75 bits per heavy atom. The van der Waals surface area contributed by atoms with Crippen LogP contribution in [0.25, 0.3) is 0 Å². The zero-order chi connectivity index (χ0) is 8.55. The molecular weight excluding hydrogens is 154 g/mol. The molecule has 1 aliphatic rings. The lowest BCUT2D eigenvalue weighted by Crippen LogP contribution is -2.11. The molecule has 1 aromatic rings. The van der Waals surface area contributed by atoms with E-state index < -0.39 is 0 Å². The Balaban J connectivity index is 2.12. The summed E-state index contributed by atoms with van der Waals surface area (Å²) in [5, 5.41) is 3.89. The van der Waals surface area contributed by atoms with Gasteiger partial charge in [-0.2, -0.15) is 4.98 Å². The number of hydrogen-bond donors (Lipinski definition) is 1. The van der Waals surface area contributed by atoms with E-state index in [1.165, 1.54) is 19.3 Å². The number of aromatic nitrogens is 2. The Labute approximate surface area is 71.1 Å². The predicted octanol–water partition coefficient (Wildman–Crippen LogP) is 1.36. The number of rotatable bonds is 2. The van der Waals surface area contributed by atoms with Crippen LogP contribution < -0.4 is 5.73 Å². The van der Waals surface area contributed by atoms with E-state index in [-0.39, 0.29) is 6.04 Å². The first-order valence-electron chi connectivity index (χ1n) is 4.36. The van der Waals surface area contributed by atoms with E-state index >= 15 is 0 Å². The van der Waals surface area contributed by atoms with E-state index in [0.717, 1.165) is 5.82 Å². The average Bonchev–Trinajstić information content (AvgIpc) is 2.32. The minimum absolute atomic E-state index is 0.147. The Hall–Kier alpha value is -0.900. The number of hydrogen-bond acceptors (Lipinski definition) is 4. The molecule has 1 heterocycles. The van der Waals surface area contributed by atoms with Gasteiger partial charge < -0.3 is 10.3 Å². The third-order valence-electron chi connectivity index (χ3n) is 2.32. The van der Waals surface area contributed by atoms with Crippen molar-refractivity contribution >= 4 is 0 Å². The molecular formula is C8H13N3O. The fourth-order valence-electron chi connectivity index (χ4n) is 1.26. The van der Waals surface area contributed by atoms with Crippen LogP contribution in [0, 0.1) is 0 Å².